The van der Waals surface area contributed by atoms with E-state index in [9.17, 15) is 0 Å². The molecule has 0 amide bonds. The molecule has 112 valence electrons. The number of nitrogens with one attached hydrogen (secondary N) is 1. The van der Waals surface area contributed by atoms with E-state index in [1.807, 2.05) is 18.5 Å². The van der Waals surface area contributed by atoms with Crippen LogP contribution in [0, 0.1) is 5.92 Å². The van der Waals surface area contributed by atoms with Crippen LogP contribution in [0.2, 0.25) is 0 Å². The van der Waals surface area contributed by atoms with Gasteiger partial charge >= 0.3 is 0 Å². The van der Waals surface area contributed by atoms with Crippen molar-refractivity contribution in [2.45, 2.75) is 19.4 Å². The molecule has 4 rings (SSSR count). The standard InChI is InChI=1S/C18H20N4/c1-2-8-17-16(7-1)21-18(15-6-4-10-20-12-15)22(17)13-14-5-3-9-19-11-14/h1-2,4,6-8,10,12,14,19H,3,5,9,11,13H2. The van der Waals surface area contributed by atoms with Crippen molar-refractivity contribution in [3.8, 4) is 11.4 Å². The summed E-state index contributed by atoms with van der Waals surface area (Å²) >= 11 is 0. The lowest BCUT2D eigenvalue weighted by Gasteiger charge is -2.24. The molecule has 0 radical (unpaired) electrons. The molecule has 4 nitrogen and oxygen atoms in total. The first kappa shape index (κ1) is 13.5. The SMILES string of the molecule is c1cncc(-c2nc3ccccc3n2CC2CCCNC2)c1. The third-order valence-electron chi connectivity index (χ3n) is 4.41. The van der Waals surface area contributed by atoms with E-state index in [-0.39, 0.29) is 0 Å². The Morgan fingerprint density at radius 1 is 1.18 bits per heavy atom. The van der Waals surface area contributed by atoms with Crippen molar-refractivity contribution in [1.29, 1.82) is 0 Å². The predicted molar refractivity (Wildman–Crippen MR) is 88.6 cm³/mol. The number of benzene rings is 1. The highest BCUT2D eigenvalue weighted by Gasteiger charge is 2.18. The van der Waals surface area contributed by atoms with E-state index < -0.39 is 0 Å². The highest BCUT2D eigenvalue weighted by molar-refractivity contribution is 5.80. The second kappa shape index (κ2) is 5.89. The number of para-hydroxylation sites is 2. The molecular weight excluding hydrogens is 272 g/mol. The van der Waals surface area contributed by atoms with Crippen molar-refractivity contribution in [1.82, 2.24) is 19.9 Å². The van der Waals surface area contributed by atoms with Crippen LogP contribution >= 0.6 is 0 Å². The number of hydrogen-bond acceptors (Lipinski definition) is 3. The van der Waals surface area contributed by atoms with Crippen molar-refractivity contribution in [3.05, 3.63) is 48.8 Å². The van der Waals surface area contributed by atoms with Gasteiger partial charge in [0.05, 0.1) is 11.0 Å². The van der Waals surface area contributed by atoms with Gasteiger partial charge in [0, 0.05) is 24.5 Å². The van der Waals surface area contributed by atoms with Gasteiger partial charge in [-0.25, -0.2) is 4.98 Å². The smallest absolute Gasteiger partial charge is 0.142 e. The number of nitrogens with zero attached hydrogens (tertiary/aromatic N) is 3. The van der Waals surface area contributed by atoms with Gasteiger partial charge in [-0.05, 0) is 56.1 Å². The summed E-state index contributed by atoms with van der Waals surface area (Å²) in [5, 5.41) is 3.51. The van der Waals surface area contributed by atoms with Gasteiger partial charge < -0.3 is 9.88 Å². The molecule has 1 saturated heterocycles. The Labute approximate surface area is 130 Å². The summed E-state index contributed by atoms with van der Waals surface area (Å²) < 4.78 is 2.37. The molecule has 1 fully saturated rings. The Balaban J connectivity index is 1.79. The van der Waals surface area contributed by atoms with Gasteiger partial charge in [0.2, 0.25) is 0 Å². The fraction of sp³-hybridized carbons (Fsp3) is 0.333. The molecule has 22 heavy (non-hydrogen) atoms. The molecule has 0 saturated carbocycles. The van der Waals surface area contributed by atoms with E-state index in [0.717, 1.165) is 36.5 Å². The highest BCUT2D eigenvalue weighted by atomic mass is 15.1. The number of aromatic nitrogens is 3. The maximum atomic E-state index is 4.85. The van der Waals surface area contributed by atoms with Crippen LogP contribution in [-0.4, -0.2) is 27.6 Å². The molecule has 1 N–H and O–H groups in total. The third kappa shape index (κ3) is 2.50. The van der Waals surface area contributed by atoms with Crippen LogP contribution in [0.1, 0.15) is 12.8 Å². The second-order valence-electron chi connectivity index (χ2n) is 5.99. The average Bonchev–Trinajstić information content (AvgIpc) is 2.95. The third-order valence-corrected chi connectivity index (χ3v) is 4.41. The molecular formula is C18H20N4. The van der Waals surface area contributed by atoms with Gasteiger partial charge in [-0.2, -0.15) is 0 Å². The number of piperidine rings is 1. The fourth-order valence-electron chi connectivity index (χ4n) is 3.31. The molecule has 1 aliphatic rings. The van der Waals surface area contributed by atoms with Crippen LogP contribution in [0.3, 0.4) is 0 Å². The minimum absolute atomic E-state index is 0.668. The topological polar surface area (TPSA) is 42.7 Å². The molecule has 1 atom stereocenters. The average molecular weight is 292 g/mol. The van der Waals surface area contributed by atoms with Gasteiger partial charge in [-0.15, -0.1) is 0 Å². The number of fused-ring (bicyclic) bond motifs is 1. The number of pyridine rings is 1. The molecule has 3 heterocycles. The summed E-state index contributed by atoms with van der Waals surface area (Å²) in [6.45, 7) is 3.26. The van der Waals surface area contributed by atoms with Crippen molar-refractivity contribution in [2.75, 3.05) is 13.1 Å². The molecule has 3 aromatic rings. The summed E-state index contributed by atoms with van der Waals surface area (Å²) in [4.78, 5) is 9.10. The Hall–Kier alpha value is -2.20. The fourth-order valence-corrected chi connectivity index (χ4v) is 3.31. The molecule has 2 aromatic heterocycles. The highest BCUT2D eigenvalue weighted by Crippen LogP contribution is 2.26. The minimum Gasteiger partial charge on any atom is -0.324 e. The Morgan fingerprint density at radius 2 is 2.14 bits per heavy atom. The van der Waals surface area contributed by atoms with Crippen molar-refractivity contribution >= 4 is 11.0 Å². The zero-order valence-electron chi connectivity index (χ0n) is 12.6. The van der Waals surface area contributed by atoms with Crippen LogP contribution in [0.15, 0.2) is 48.8 Å². The van der Waals surface area contributed by atoms with Crippen LogP contribution in [0.5, 0.6) is 0 Å². The summed E-state index contributed by atoms with van der Waals surface area (Å²) in [6, 6.07) is 12.5. The summed E-state index contributed by atoms with van der Waals surface area (Å²) in [7, 11) is 0. The maximum Gasteiger partial charge on any atom is 0.142 e. The van der Waals surface area contributed by atoms with E-state index in [2.05, 4.69) is 45.2 Å². The van der Waals surface area contributed by atoms with E-state index in [4.69, 9.17) is 4.98 Å². The zero-order chi connectivity index (χ0) is 14.8. The quantitative estimate of drug-likeness (QED) is 0.806. The van der Waals surface area contributed by atoms with Crippen molar-refractivity contribution in [2.24, 2.45) is 5.92 Å². The Kier molecular flexibility index (Phi) is 3.60. The first-order valence-electron chi connectivity index (χ1n) is 7.98. The molecule has 0 spiro atoms. The molecule has 1 unspecified atom stereocenters. The molecule has 0 aliphatic carbocycles. The molecule has 0 bridgehead atoms. The first-order valence-corrected chi connectivity index (χ1v) is 7.98. The summed E-state index contributed by atoms with van der Waals surface area (Å²) in [5.74, 6) is 1.70. The van der Waals surface area contributed by atoms with Crippen molar-refractivity contribution in [3.63, 3.8) is 0 Å². The summed E-state index contributed by atoms with van der Waals surface area (Å²) in [6.07, 6.45) is 6.25. The van der Waals surface area contributed by atoms with E-state index >= 15 is 0 Å². The molecule has 1 aromatic carbocycles. The first-order chi connectivity index (χ1) is 10.9. The van der Waals surface area contributed by atoms with E-state index in [0.29, 0.717) is 5.92 Å². The van der Waals surface area contributed by atoms with Crippen LogP contribution in [-0.2, 0) is 6.54 Å². The van der Waals surface area contributed by atoms with E-state index in [1.54, 1.807) is 0 Å². The largest absolute Gasteiger partial charge is 0.324 e. The van der Waals surface area contributed by atoms with Crippen LogP contribution in [0.25, 0.3) is 22.4 Å². The van der Waals surface area contributed by atoms with Gasteiger partial charge in [-0.1, -0.05) is 12.1 Å². The normalized spacial score (nSPS) is 18.6. The van der Waals surface area contributed by atoms with Gasteiger partial charge in [-0.3, -0.25) is 4.98 Å². The summed E-state index contributed by atoms with van der Waals surface area (Å²) in [5.41, 5.74) is 3.36. The Bertz CT molecular complexity index is 757. The Morgan fingerprint density at radius 3 is 2.95 bits per heavy atom. The molecule has 4 heteroatoms. The lowest BCUT2D eigenvalue weighted by atomic mass is 9.99. The number of rotatable bonds is 3. The molecule has 1 aliphatic heterocycles. The van der Waals surface area contributed by atoms with E-state index in [1.165, 1.54) is 18.4 Å². The monoisotopic (exact) mass is 292 g/mol. The van der Waals surface area contributed by atoms with Crippen LogP contribution in [0.4, 0.5) is 0 Å². The number of hydrogen-bond donors (Lipinski definition) is 1. The lowest BCUT2D eigenvalue weighted by Crippen LogP contribution is -2.32. The van der Waals surface area contributed by atoms with Crippen LogP contribution < -0.4 is 5.32 Å². The van der Waals surface area contributed by atoms with Gasteiger partial charge in [0.1, 0.15) is 5.82 Å². The lowest BCUT2D eigenvalue weighted by molar-refractivity contribution is 0.341. The number of imidazole rings is 1. The van der Waals surface area contributed by atoms with Crippen molar-refractivity contribution < 1.29 is 0 Å². The van der Waals surface area contributed by atoms with Gasteiger partial charge in [0.15, 0.2) is 0 Å². The van der Waals surface area contributed by atoms with Gasteiger partial charge in [0.25, 0.3) is 0 Å². The maximum absolute atomic E-state index is 4.85. The second-order valence-corrected chi connectivity index (χ2v) is 5.99. The minimum atomic E-state index is 0.668. The zero-order valence-corrected chi connectivity index (χ0v) is 12.6. The predicted octanol–water partition coefficient (Wildman–Crippen LogP) is 3.10.